The summed E-state index contributed by atoms with van der Waals surface area (Å²) in [4.78, 5) is 42.1. The molecular formula is C17H17N3O3. The first-order chi connectivity index (χ1) is 11.1. The normalized spacial score (nSPS) is 30.9. The highest BCUT2D eigenvalue weighted by atomic mass is 16.2. The fraction of sp³-hybridized carbons (Fsp3) is 0.412. The van der Waals surface area contributed by atoms with Crippen LogP contribution in [0, 0.1) is 23.7 Å². The third-order valence-corrected chi connectivity index (χ3v) is 5.07. The summed E-state index contributed by atoms with van der Waals surface area (Å²) in [5.74, 6) is -0.419. The van der Waals surface area contributed by atoms with Crippen LogP contribution in [0.15, 0.2) is 36.7 Å². The van der Waals surface area contributed by atoms with Crippen molar-refractivity contribution in [1.29, 1.82) is 0 Å². The molecule has 1 aromatic heterocycles. The number of nitrogens with one attached hydrogen (secondary N) is 1. The standard InChI is InChI=1S/C17H17N3O3/c21-13(19-12-2-1-6-18-9-12)5-7-20-16(22)14-10-3-4-11(8-10)15(14)17(20)23/h1-4,6,9-11,14-15H,5,7-8H2,(H,19,21)/t10-,11-,14-,15+/m0/s1. The lowest BCUT2D eigenvalue weighted by Crippen LogP contribution is -2.35. The van der Waals surface area contributed by atoms with Crippen LogP contribution < -0.4 is 5.32 Å². The molecule has 1 saturated carbocycles. The number of carbonyl (C=O) groups excluding carboxylic acids is 3. The van der Waals surface area contributed by atoms with Gasteiger partial charge in [-0.15, -0.1) is 0 Å². The van der Waals surface area contributed by atoms with Crippen molar-refractivity contribution >= 4 is 23.4 Å². The van der Waals surface area contributed by atoms with Crippen LogP contribution in [-0.2, 0) is 14.4 Å². The molecule has 4 atom stereocenters. The second kappa shape index (κ2) is 5.30. The van der Waals surface area contributed by atoms with E-state index in [0.717, 1.165) is 6.42 Å². The summed E-state index contributed by atoms with van der Waals surface area (Å²) in [5.41, 5.74) is 0.607. The van der Waals surface area contributed by atoms with Crippen molar-refractivity contribution in [3.63, 3.8) is 0 Å². The molecule has 2 bridgehead atoms. The van der Waals surface area contributed by atoms with Gasteiger partial charge in [-0.1, -0.05) is 12.2 Å². The largest absolute Gasteiger partial charge is 0.325 e. The third-order valence-electron chi connectivity index (χ3n) is 5.07. The summed E-state index contributed by atoms with van der Waals surface area (Å²) in [6, 6.07) is 3.47. The topological polar surface area (TPSA) is 79.4 Å². The molecule has 2 heterocycles. The van der Waals surface area contributed by atoms with Crippen LogP contribution in [0.1, 0.15) is 12.8 Å². The Bertz CT molecular complexity index is 670. The van der Waals surface area contributed by atoms with Crippen molar-refractivity contribution in [2.75, 3.05) is 11.9 Å². The summed E-state index contributed by atoms with van der Waals surface area (Å²) in [6.45, 7) is 0.149. The fourth-order valence-corrected chi connectivity index (χ4v) is 4.06. The maximum absolute atomic E-state index is 12.5. The summed E-state index contributed by atoms with van der Waals surface area (Å²) in [5, 5.41) is 2.71. The molecule has 4 rings (SSSR count). The first-order valence-electron chi connectivity index (χ1n) is 7.88. The number of aromatic nitrogens is 1. The van der Waals surface area contributed by atoms with E-state index in [1.807, 2.05) is 0 Å². The summed E-state index contributed by atoms with van der Waals surface area (Å²) in [7, 11) is 0. The predicted molar refractivity (Wildman–Crippen MR) is 81.9 cm³/mol. The number of hydrogen-bond acceptors (Lipinski definition) is 4. The average Bonchev–Trinajstić information content (AvgIpc) is 3.22. The van der Waals surface area contributed by atoms with E-state index >= 15 is 0 Å². The Balaban J connectivity index is 1.38. The predicted octanol–water partition coefficient (Wildman–Crippen LogP) is 1.22. The van der Waals surface area contributed by atoms with Crippen LogP contribution in [0.3, 0.4) is 0 Å². The molecule has 0 unspecified atom stereocenters. The van der Waals surface area contributed by atoms with Crippen molar-refractivity contribution < 1.29 is 14.4 Å². The number of anilines is 1. The monoisotopic (exact) mass is 311 g/mol. The highest BCUT2D eigenvalue weighted by Gasteiger charge is 2.58. The molecule has 118 valence electrons. The smallest absolute Gasteiger partial charge is 0.233 e. The molecule has 0 aromatic carbocycles. The minimum absolute atomic E-state index is 0.106. The van der Waals surface area contributed by atoms with Crippen LogP contribution in [0.2, 0.25) is 0 Å². The van der Waals surface area contributed by atoms with Gasteiger partial charge in [0, 0.05) is 19.2 Å². The van der Waals surface area contributed by atoms with E-state index in [2.05, 4.69) is 22.5 Å². The van der Waals surface area contributed by atoms with E-state index < -0.39 is 0 Å². The SMILES string of the molecule is O=C(CCN1C(=O)[C@@H]2[C@H](C1=O)[C@H]1C=C[C@H]2C1)Nc1cccnc1. The number of amides is 3. The quantitative estimate of drug-likeness (QED) is 0.670. The lowest BCUT2D eigenvalue weighted by Gasteiger charge is -2.16. The van der Waals surface area contributed by atoms with Crippen molar-refractivity contribution in [1.82, 2.24) is 9.88 Å². The van der Waals surface area contributed by atoms with Gasteiger partial charge in [0.1, 0.15) is 0 Å². The van der Waals surface area contributed by atoms with Gasteiger partial charge in [-0.25, -0.2) is 0 Å². The summed E-state index contributed by atoms with van der Waals surface area (Å²) >= 11 is 0. The molecule has 3 amide bonds. The first kappa shape index (κ1) is 14.1. The molecule has 6 nitrogen and oxygen atoms in total. The number of pyridine rings is 1. The minimum atomic E-state index is -0.225. The van der Waals surface area contributed by atoms with Crippen molar-refractivity contribution in [3.8, 4) is 0 Å². The number of fused-ring (bicyclic) bond motifs is 5. The Morgan fingerprint density at radius 3 is 2.52 bits per heavy atom. The van der Waals surface area contributed by atoms with Crippen LogP contribution >= 0.6 is 0 Å². The van der Waals surface area contributed by atoms with Crippen LogP contribution in [-0.4, -0.2) is 34.2 Å². The van der Waals surface area contributed by atoms with Gasteiger partial charge >= 0.3 is 0 Å². The second-order valence-electron chi connectivity index (χ2n) is 6.37. The highest BCUT2D eigenvalue weighted by Crippen LogP contribution is 2.52. The fourth-order valence-electron chi connectivity index (χ4n) is 4.06. The molecule has 1 saturated heterocycles. The van der Waals surface area contributed by atoms with Crippen LogP contribution in [0.4, 0.5) is 5.69 Å². The molecule has 6 heteroatoms. The Kier molecular flexibility index (Phi) is 3.25. The number of imide groups is 1. The lowest BCUT2D eigenvalue weighted by molar-refractivity contribution is -0.140. The molecule has 23 heavy (non-hydrogen) atoms. The number of allylic oxidation sites excluding steroid dienone is 2. The number of carbonyl (C=O) groups is 3. The van der Waals surface area contributed by atoms with Crippen molar-refractivity contribution in [3.05, 3.63) is 36.7 Å². The van der Waals surface area contributed by atoms with Gasteiger partial charge in [0.2, 0.25) is 17.7 Å². The number of hydrogen-bond donors (Lipinski definition) is 1. The van der Waals surface area contributed by atoms with E-state index in [4.69, 9.17) is 0 Å². The van der Waals surface area contributed by atoms with Crippen molar-refractivity contribution in [2.24, 2.45) is 23.7 Å². The Morgan fingerprint density at radius 2 is 1.91 bits per heavy atom. The van der Waals surface area contributed by atoms with Gasteiger partial charge < -0.3 is 5.32 Å². The van der Waals surface area contributed by atoms with Crippen LogP contribution in [0.5, 0.6) is 0 Å². The molecule has 1 N–H and O–H groups in total. The molecular weight excluding hydrogens is 294 g/mol. The lowest BCUT2D eigenvalue weighted by atomic mass is 9.85. The number of likely N-dealkylation sites (tertiary alicyclic amines) is 1. The van der Waals surface area contributed by atoms with Gasteiger partial charge in [0.25, 0.3) is 0 Å². The van der Waals surface area contributed by atoms with Crippen LogP contribution in [0.25, 0.3) is 0 Å². The Labute approximate surface area is 133 Å². The maximum atomic E-state index is 12.5. The first-order valence-corrected chi connectivity index (χ1v) is 7.88. The molecule has 3 aliphatic rings. The minimum Gasteiger partial charge on any atom is -0.325 e. The van der Waals surface area contributed by atoms with Gasteiger partial charge in [-0.3, -0.25) is 24.3 Å². The van der Waals surface area contributed by atoms with E-state index in [1.54, 1.807) is 24.5 Å². The molecule has 0 spiro atoms. The molecule has 1 aliphatic heterocycles. The van der Waals surface area contributed by atoms with Gasteiger partial charge in [-0.2, -0.15) is 0 Å². The summed E-state index contributed by atoms with van der Waals surface area (Å²) < 4.78 is 0. The van der Waals surface area contributed by atoms with Gasteiger partial charge in [-0.05, 0) is 30.4 Å². The van der Waals surface area contributed by atoms with Gasteiger partial charge in [0.05, 0.1) is 23.7 Å². The van der Waals surface area contributed by atoms with E-state index in [0.29, 0.717) is 5.69 Å². The zero-order valence-corrected chi connectivity index (χ0v) is 12.5. The average molecular weight is 311 g/mol. The number of nitrogens with zero attached hydrogens (tertiary/aromatic N) is 2. The molecule has 2 aliphatic carbocycles. The highest BCUT2D eigenvalue weighted by molar-refractivity contribution is 6.06. The number of rotatable bonds is 4. The zero-order chi connectivity index (χ0) is 16.0. The second-order valence-corrected chi connectivity index (χ2v) is 6.37. The van der Waals surface area contributed by atoms with E-state index in [-0.39, 0.29) is 54.4 Å². The molecule has 2 fully saturated rings. The molecule has 1 aromatic rings. The van der Waals surface area contributed by atoms with E-state index in [1.165, 1.54) is 4.90 Å². The molecule has 0 radical (unpaired) electrons. The van der Waals surface area contributed by atoms with Crippen molar-refractivity contribution in [2.45, 2.75) is 12.8 Å². The maximum Gasteiger partial charge on any atom is 0.233 e. The van der Waals surface area contributed by atoms with E-state index in [9.17, 15) is 14.4 Å². The Hall–Kier alpha value is -2.50. The third kappa shape index (κ3) is 2.25. The summed E-state index contributed by atoms with van der Waals surface area (Å²) in [6.07, 6.45) is 8.33. The Morgan fingerprint density at radius 1 is 1.22 bits per heavy atom. The zero-order valence-electron chi connectivity index (χ0n) is 12.5. The van der Waals surface area contributed by atoms with Gasteiger partial charge in [0.15, 0.2) is 0 Å².